The molecule has 0 fully saturated rings. The lowest BCUT2D eigenvalue weighted by atomic mass is 9.90. The van der Waals surface area contributed by atoms with Crippen molar-refractivity contribution < 1.29 is 13.2 Å². The van der Waals surface area contributed by atoms with Crippen LogP contribution in [0.4, 0.5) is 13.2 Å². The Balaban J connectivity index is 2.18. The first-order valence-electron chi connectivity index (χ1n) is 7.63. The summed E-state index contributed by atoms with van der Waals surface area (Å²) < 4.78 is 41.0. The van der Waals surface area contributed by atoms with E-state index in [1.165, 1.54) is 12.1 Å². The maximum absolute atomic E-state index is 13.7. The third-order valence-electron chi connectivity index (χ3n) is 4.29. The van der Waals surface area contributed by atoms with Crippen LogP contribution in [0.2, 0.25) is 0 Å². The van der Waals surface area contributed by atoms with Gasteiger partial charge in [0.25, 0.3) is 0 Å². The van der Waals surface area contributed by atoms with Gasteiger partial charge in [-0.15, -0.1) is 0 Å². The molecule has 0 nitrogen and oxygen atoms in total. The Hall–Kier alpha value is -2.81. The molecule has 0 aliphatic carbocycles. The molecule has 0 amide bonds. The fourth-order valence-corrected chi connectivity index (χ4v) is 3.24. The molecule has 0 spiro atoms. The molecule has 0 aromatic heterocycles. The Morgan fingerprint density at radius 2 is 1.12 bits per heavy atom. The fourth-order valence-electron chi connectivity index (χ4n) is 3.24. The third-order valence-corrected chi connectivity index (χ3v) is 4.29. The predicted octanol–water partition coefficient (Wildman–Crippen LogP) is 6.68. The van der Waals surface area contributed by atoms with Crippen molar-refractivity contribution in [1.82, 2.24) is 0 Å². The molecule has 0 radical (unpaired) electrons. The lowest BCUT2D eigenvalue weighted by Crippen LogP contribution is -2.07. The summed E-state index contributed by atoms with van der Waals surface area (Å²) in [4.78, 5) is 0. The van der Waals surface area contributed by atoms with E-state index >= 15 is 0 Å². The van der Waals surface area contributed by atoms with Crippen LogP contribution in [0.25, 0.3) is 32.7 Å². The normalized spacial score (nSPS) is 12.0. The van der Waals surface area contributed by atoms with Crippen LogP contribution >= 0.6 is 0 Å². The quantitative estimate of drug-likeness (QED) is 0.367. The molecular formula is C21H13F3. The van der Waals surface area contributed by atoms with Gasteiger partial charge in [0.05, 0.1) is 5.56 Å². The lowest BCUT2D eigenvalue weighted by molar-refractivity contribution is -0.137. The number of rotatable bonds is 1. The number of hydrogen-bond donors (Lipinski definition) is 0. The van der Waals surface area contributed by atoms with E-state index in [2.05, 4.69) is 0 Å². The zero-order valence-electron chi connectivity index (χ0n) is 12.6. The predicted molar refractivity (Wildman–Crippen MR) is 91.9 cm³/mol. The molecule has 4 aromatic rings. The summed E-state index contributed by atoms with van der Waals surface area (Å²) in [5, 5.41) is 3.16. The van der Waals surface area contributed by atoms with Crippen molar-refractivity contribution in [1.29, 1.82) is 0 Å². The second kappa shape index (κ2) is 5.38. The van der Waals surface area contributed by atoms with Gasteiger partial charge < -0.3 is 0 Å². The average molecular weight is 322 g/mol. The molecule has 0 unspecified atom stereocenters. The van der Waals surface area contributed by atoms with Crippen molar-refractivity contribution in [2.75, 3.05) is 0 Å². The first kappa shape index (κ1) is 14.8. The monoisotopic (exact) mass is 322 g/mol. The van der Waals surface area contributed by atoms with Gasteiger partial charge >= 0.3 is 6.18 Å². The van der Waals surface area contributed by atoms with Gasteiger partial charge in [-0.1, -0.05) is 72.8 Å². The summed E-state index contributed by atoms with van der Waals surface area (Å²) >= 11 is 0. The molecule has 24 heavy (non-hydrogen) atoms. The second-order valence-electron chi connectivity index (χ2n) is 5.73. The van der Waals surface area contributed by atoms with Crippen molar-refractivity contribution in [2.24, 2.45) is 0 Å². The van der Waals surface area contributed by atoms with Gasteiger partial charge in [-0.3, -0.25) is 0 Å². The van der Waals surface area contributed by atoms with E-state index in [0.717, 1.165) is 16.2 Å². The summed E-state index contributed by atoms with van der Waals surface area (Å²) in [6.45, 7) is 0. The van der Waals surface area contributed by atoms with Gasteiger partial charge in [-0.25, -0.2) is 0 Å². The number of hydrogen-bond acceptors (Lipinski definition) is 0. The van der Waals surface area contributed by atoms with Crippen LogP contribution in [-0.2, 0) is 6.18 Å². The highest BCUT2D eigenvalue weighted by atomic mass is 19.4. The van der Waals surface area contributed by atoms with E-state index in [-0.39, 0.29) is 5.56 Å². The van der Waals surface area contributed by atoms with E-state index in [1.54, 1.807) is 24.3 Å². The highest BCUT2D eigenvalue weighted by Gasteiger charge is 2.34. The molecular weight excluding hydrogens is 309 g/mol. The number of fused-ring (bicyclic) bond motifs is 2. The van der Waals surface area contributed by atoms with E-state index in [0.29, 0.717) is 10.9 Å². The Morgan fingerprint density at radius 3 is 1.83 bits per heavy atom. The molecule has 0 atom stereocenters. The third kappa shape index (κ3) is 2.33. The topological polar surface area (TPSA) is 0 Å². The van der Waals surface area contributed by atoms with Gasteiger partial charge in [0, 0.05) is 5.56 Å². The van der Waals surface area contributed by atoms with Crippen LogP contribution in [0.15, 0.2) is 78.9 Å². The number of alkyl halides is 3. The fraction of sp³-hybridized carbons (Fsp3) is 0.0476. The van der Waals surface area contributed by atoms with E-state index in [4.69, 9.17) is 0 Å². The van der Waals surface area contributed by atoms with Crippen molar-refractivity contribution in [2.45, 2.75) is 6.18 Å². The summed E-state index contributed by atoms with van der Waals surface area (Å²) in [5.74, 6) is 0. The van der Waals surface area contributed by atoms with Gasteiger partial charge in [0.15, 0.2) is 0 Å². The molecule has 3 heteroatoms. The average Bonchev–Trinajstić information content (AvgIpc) is 2.59. The standard InChI is InChI=1S/C21H13F3/c22-21(23,24)19-13-12-15-7-2-4-10-17(15)20(19)18-11-5-8-14-6-1-3-9-16(14)18/h1-13H. The van der Waals surface area contributed by atoms with E-state index in [9.17, 15) is 13.2 Å². The van der Waals surface area contributed by atoms with Crippen molar-refractivity contribution in [3.8, 4) is 11.1 Å². The van der Waals surface area contributed by atoms with E-state index < -0.39 is 11.7 Å². The molecule has 0 bridgehead atoms. The smallest absolute Gasteiger partial charge is 0.166 e. The Morgan fingerprint density at radius 1 is 0.542 bits per heavy atom. The van der Waals surface area contributed by atoms with Gasteiger partial charge in [0.2, 0.25) is 0 Å². The first-order chi connectivity index (χ1) is 11.6. The van der Waals surface area contributed by atoms with Crippen LogP contribution in [0, 0.1) is 0 Å². The maximum atomic E-state index is 13.7. The van der Waals surface area contributed by atoms with Crippen LogP contribution in [0.3, 0.4) is 0 Å². The summed E-state index contributed by atoms with van der Waals surface area (Å²) in [5.41, 5.74) is 0.257. The maximum Gasteiger partial charge on any atom is 0.417 e. The van der Waals surface area contributed by atoms with Crippen molar-refractivity contribution >= 4 is 21.5 Å². The summed E-state index contributed by atoms with van der Waals surface area (Å²) in [7, 11) is 0. The van der Waals surface area contributed by atoms with Crippen LogP contribution in [-0.4, -0.2) is 0 Å². The molecule has 4 rings (SSSR count). The lowest BCUT2D eigenvalue weighted by Gasteiger charge is -2.17. The summed E-state index contributed by atoms with van der Waals surface area (Å²) in [6, 6.07) is 22.9. The van der Waals surface area contributed by atoms with Gasteiger partial charge in [0.1, 0.15) is 0 Å². The molecule has 0 aliphatic rings. The van der Waals surface area contributed by atoms with Crippen LogP contribution in [0.1, 0.15) is 5.56 Å². The van der Waals surface area contributed by atoms with Gasteiger partial charge in [-0.2, -0.15) is 13.2 Å². The molecule has 0 N–H and O–H groups in total. The first-order valence-corrected chi connectivity index (χ1v) is 7.63. The summed E-state index contributed by atoms with van der Waals surface area (Å²) in [6.07, 6.45) is -4.41. The molecule has 0 saturated heterocycles. The Labute approximate surface area is 137 Å². The Kier molecular flexibility index (Phi) is 3.31. The highest BCUT2D eigenvalue weighted by molar-refractivity contribution is 6.06. The van der Waals surface area contributed by atoms with Crippen molar-refractivity contribution in [3.63, 3.8) is 0 Å². The van der Waals surface area contributed by atoms with Gasteiger partial charge in [-0.05, 0) is 33.2 Å². The zero-order chi connectivity index (χ0) is 16.7. The molecule has 4 aromatic carbocycles. The van der Waals surface area contributed by atoms with E-state index in [1.807, 2.05) is 42.5 Å². The molecule has 0 aliphatic heterocycles. The minimum Gasteiger partial charge on any atom is -0.166 e. The number of benzene rings is 4. The Bertz CT molecular complexity index is 1040. The second-order valence-corrected chi connectivity index (χ2v) is 5.73. The SMILES string of the molecule is FC(F)(F)c1ccc2ccccc2c1-c1cccc2ccccc12. The highest BCUT2D eigenvalue weighted by Crippen LogP contribution is 2.43. The minimum absolute atomic E-state index is 0.248. The van der Waals surface area contributed by atoms with Crippen molar-refractivity contribution in [3.05, 3.63) is 84.4 Å². The van der Waals surface area contributed by atoms with Crippen LogP contribution < -0.4 is 0 Å². The molecule has 0 heterocycles. The molecule has 118 valence electrons. The zero-order valence-corrected chi connectivity index (χ0v) is 12.6. The molecule has 0 saturated carbocycles. The largest absolute Gasteiger partial charge is 0.417 e. The minimum atomic E-state index is -4.41. The van der Waals surface area contributed by atoms with Crippen LogP contribution in [0.5, 0.6) is 0 Å². The number of halogens is 3.